The molecule has 1 amide bonds. The summed E-state index contributed by atoms with van der Waals surface area (Å²) in [5, 5.41) is 2.80. The maximum atomic E-state index is 11.8. The van der Waals surface area contributed by atoms with Gasteiger partial charge in [0.15, 0.2) is 0 Å². The molecule has 2 rings (SSSR count). The summed E-state index contributed by atoms with van der Waals surface area (Å²) in [5.74, 6) is -0.414. The van der Waals surface area contributed by atoms with Crippen LogP contribution in [0.1, 0.15) is 32.6 Å². The van der Waals surface area contributed by atoms with E-state index in [-0.39, 0.29) is 17.8 Å². The van der Waals surface area contributed by atoms with Crippen molar-refractivity contribution in [2.45, 2.75) is 32.6 Å². The molecule has 1 saturated heterocycles. The van der Waals surface area contributed by atoms with Crippen molar-refractivity contribution in [3.05, 3.63) is 0 Å². The standard InChI is InChI=1S/C11H17NO3/c1-2-15-9(13)8-7-12-10(14)11(8)5-3-4-6-11/h8H,2-7H2,1H3,(H,12,14). The molecule has 84 valence electrons. The van der Waals surface area contributed by atoms with E-state index in [2.05, 4.69) is 5.32 Å². The minimum absolute atomic E-state index is 0.0538. The van der Waals surface area contributed by atoms with Crippen LogP contribution < -0.4 is 5.32 Å². The van der Waals surface area contributed by atoms with E-state index in [0.717, 1.165) is 25.7 Å². The van der Waals surface area contributed by atoms with Gasteiger partial charge in [-0.15, -0.1) is 0 Å². The van der Waals surface area contributed by atoms with Gasteiger partial charge in [-0.3, -0.25) is 9.59 Å². The largest absolute Gasteiger partial charge is 0.466 e. The van der Waals surface area contributed by atoms with Crippen molar-refractivity contribution in [2.75, 3.05) is 13.2 Å². The van der Waals surface area contributed by atoms with E-state index in [1.54, 1.807) is 6.92 Å². The molecule has 1 spiro atoms. The van der Waals surface area contributed by atoms with Crippen LogP contribution in [0.5, 0.6) is 0 Å². The van der Waals surface area contributed by atoms with E-state index in [0.29, 0.717) is 13.2 Å². The van der Waals surface area contributed by atoms with Gasteiger partial charge in [0.2, 0.25) is 5.91 Å². The fourth-order valence-corrected chi connectivity index (χ4v) is 2.86. The number of hydrogen-bond acceptors (Lipinski definition) is 3. The topological polar surface area (TPSA) is 55.4 Å². The first-order valence-electron chi connectivity index (χ1n) is 5.65. The minimum Gasteiger partial charge on any atom is -0.466 e. The number of esters is 1. The van der Waals surface area contributed by atoms with Crippen molar-refractivity contribution in [3.63, 3.8) is 0 Å². The normalized spacial score (nSPS) is 28.1. The quantitative estimate of drug-likeness (QED) is 0.689. The first kappa shape index (κ1) is 10.5. The van der Waals surface area contributed by atoms with Crippen molar-refractivity contribution >= 4 is 11.9 Å². The fraction of sp³-hybridized carbons (Fsp3) is 0.818. The summed E-state index contributed by atoms with van der Waals surface area (Å²) in [4.78, 5) is 23.5. The van der Waals surface area contributed by atoms with Crippen molar-refractivity contribution in [2.24, 2.45) is 11.3 Å². The van der Waals surface area contributed by atoms with Crippen LogP contribution in [-0.2, 0) is 14.3 Å². The molecule has 4 heteroatoms. The van der Waals surface area contributed by atoms with E-state index >= 15 is 0 Å². The molecule has 4 nitrogen and oxygen atoms in total. The zero-order chi connectivity index (χ0) is 10.9. The zero-order valence-electron chi connectivity index (χ0n) is 9.04. The highest BCUT2D eigenvalue weighted by Gasteiger charge is 2.55. The van der Waals surface area contributed by atoms with Crippen molar-refractivity contribution in [1.29, 1.82) is 0 Å². The first-order chi connectivity index (χ1) is 7.20. The molecular weight excluding hydrogens is 194 g/mol. The van der Waals surface area contributed by atoms with E-state index in [9.17, 15) is 9.59 Å². The highest BCUT2D eigenvalue weighted by atomic mass is 16.5. The summed E-state index contributed by atoms with van der Waals surface area (Å²) in [6.45, 7) is 2.64. The predicted molar refractivity (Wildman–Crippen MR) is 54.0 cm³/mol. The Morgan fingerprint density at radius 1 is 1.53 bits per heavy atom. The lowest BCUT2D eigenvalue weighted by Gasteiger charge is -2.25. The first-order valence-corrected chi connectivity index (χ1v) is 5.65. The maximum absolute atomic E-state index is 11.8. The predicted octanol–water partition coefficient (Wildman–Crippen LogP) is 0.856. The number of hydrogen-bond donors (Lipinski definition) is 1. The van der Waals surface area contributed by atoms with Gasteiger partial charge in [-0.05, 0) is 19.8 Å². The second kappa shape index (κ2) is 3.83. The van der Waals surface area contributed by atoms with Gasteiger partial charge in [0, 0.05) is 6.54 Å². The Bertz CT molecular complexity index is 282. The summed E-state index contributed by atoms with van der Waals surface area (Å²) in [5.41, 5.74) is -0.438. The Kier molecular flexibility index (Phi) is 2.67. The third-order valence-electron chi connectivity index (χ3n) is 3.65. The Morgan fingerprint density at radius 3 is 2.80 bits per heavy atom. The average molecular weight is 211 g/mol. The van der Waals surface area contributed by atoms with Crippen molar-refractivity contribution in [1.82, 2.24) is 5.32 Å². The number of amides is 1. The molecule has 1 unspecified atom stereocenters. The molecule has 1 aliphatic heterocycles. The molecule has 1 heterocycles. The molecule has 0 radical (unpaired) electrons. The molecule has 0 bridgehead atoms. The molecular formula is C11H17NO3. The van der Waals surface area contributed by atoms with Crippen molar-refractivity contribution in [3.8, 4) is 0 Å². The Balaban J connectivity index is 2.17. The SMILES string of the molecule is CCOC(=O)C1CNC(=O)C12CCCC2. The highest BCUT2D eigenvalue weighted by Crippen LogP contribution is 2.47. The fourth-order valence-electron chi connectivity index (χ4n) is 2.86. The third kappa shape index (κ3) is 1.52. The summed E-state index contributed by atoms with van der Waals surface area (Å²) < 4.78 is 5.03. The van der Waals surface area contributed by atoms with Gasteiger partial charge in [-0.1, -0.05) is 12.8 Å². The molecule has 2 fully saturated rings. The molecule has 1 aliphatic carbocycles. The molecule has 0 aromatic carbocycles. The van der Waals surface area contributed by atoms with Gasteiger partial charge in [-0.2, -0.15) is 0 Å². The molecule has 1 N–H and O–H groups in total. The van der Waals surface area contributed by atoms with Crippen LogP contribution in [0.4, 0.5) is 0 Å². The minimum atomic E-state index is -0.438. The molecule has 0 aromatic rings. The van der Waals surface area contributed by atoms with E-state index in [4.69, 9.17) is 4.74 Å². The third-order valence-corrected chi connectivity index (χ3v) is 3.65. The molecule has 2 aliphatic rings. The van der Waals surface area contributed by atoms with Gasteiger partial charge >= 0.3 is 5.97 Å². The Morgan fingerprint density at radius 2 is 2.20 bits per heavy atom. The van der Waals surface area contributed by atoms with Crippen LogP contribution >= 0.6 is 0 Å². The van der Waals surface area contributed by atoms with E-state index < -0.39 is 5.41 Å². The van der Waals surface area contributed by atoms with Crippen LogP contribution in [0.3, 0.4) is 0 Å². The average Bonchev–Trinajstić information content (AvgIpc) is 2.79. The Labute approximate surface area is 89.4 Å². The van der Waals surface area contributed by atoms with Crippen molar-refractivity contribution < 1.29 is 14.3 Å². The number of carbonyl (C=O) groups excluding carboxylic acids is 2. The van der Waals surface area contributed by atoms with E-state index in [1.165, 1.54) is 0 Å². The maximum Gasteiger partial charge on any atom is 0.311 e. The molecule has 1 saturated carbocycles. The smallest absolute Gasteiger partial charge is 0.311 e. The monoisotopic (exact) mass is 211 g/mol. The lowest BCUT2D eigenvalue weighted by atomic mass is 9.76. The summed E-state index contributed by atoms with van der Waals surface area (Å²) >= 11 is 0. The lowest BCUT2D eigenvalue weighted by molar-refractivity contribution is -0.153. The number of rotatable bonds is 2. The summed E-state index contributed by atoms with van der Waals surface area (Å²) in [6.07, 6.45) is 3.76. The second-order valence-electron chi connectivity index (χ2n) is 4.38. The summed E-state index contributed by atoms with van der Waals surface area (Å²) in [7, 11) is 0. The highest BCUT2D eigenvalue weighted by molar-refractivity contribution is 5.92. The number of ether oxygens (including phenoxy) is 1. The summed E-state index contributed by atoms with van der Waals surface area (Å²) in [6, 6.07) is 0. The van der Waals surface area contributed by atoms with E-state index in [1.807, 2.05) is 0 Å². The van der Waals surface area contributed by atoms with Crippen LogP contribution in [0.25, 0.3) is 0 Å². The molecule has 15 heavy (non-hydrogen) atoms. The van der Waals surface area contributed by atoms with Gasteiger partial charge in [-0.25, -0.2) is 0 Å². The van der Waals surface area contributed by atoms with Gasteiger partial charge in [0.1, 0.15) is 0 Å². The zero-order valence-corrected chi connectivity index (χ0v) is 9.04. The van der Waals surface area contributed by atoms with Crippen LogP contribution in [-0.4, -0.2) is 25.0 Å². The van der Waals surface area contributed by atoms with Crippen LogP contribution in [0.2, 0.25) is 0 Å². The lowest BCUT2D eigenvalue weighted by Crippen LogP contribution is -2.36. The number of nitrogens with one attached hydrogen (secondary N) is 1. The Hall–Kier alpha value is -1.06. The molecule has 1 atom stereocenters. The van der Waals surface area contributed by atoms with Gasteiger partial charge in [0.25, 0.3) is 0 Å². The van der Waals surface area contributed by atoms with Crippen LogP contribution in [0, 0.1) is 11.3 Å². The second-order valence-corrected chi connectivity index (χ2v) is 4.38. The van der Waals surface area contributed by atoms with Gasteiger partial charge in [0.05, 0.1) is 17.9 Å². The van der Waals surface area contributed by atoms with Crippen LogP contribution in [0.15, 0.2) is 0 Å². The number of carbonyl (C=O) groups is 2. The van der Waals surface area contributed by atoms with Gasteiger partial charge < -0.3 is 10.1 Å². The molecule has 0 aromatic heterocycles.